The first kappa shape index (κ1) is 84.5. The van der Waals surface area contributed by atoms with Crippen LogP contribution in [0, 0.1) is 12.3 Å². The van der Waals surface area contributed by atoms with Gasteiger partial charge in [0, 0.05) is 243 Å². The molecule has 0 radical (unpaired) electrons. The molecule has 5 aromatic carbocycles. The highest BCUT2D eigenvalue weighted by atomic mass is 32.1. The van der Waals surface area contributed by atoms with Crippen molar-refractivity contribution in [3.8, 4) is 68.4 Å². The van der Waals surface area contributed by atoms with Gasteiger partial charge in [-0.25, -0.2) is 54.8 Å². The van der Waals surface area contributed by atoms with Gasteiger partial charge in [-0.2, -0.15) is 0 Å². The second kappa shape index (κ2) is 37.9. The number of nitrogens with zero attached hydrogens (tertiary/aromatic N) is 21. The van der Waals surface area contributed by atoms with E-state index in [1.165, 1.54) is 17.3 Å². The number of nitrogen functional groups attached to an aromatic ring is 1. The topological polar surface area (TPSA) is 431 Å². The number of thiazole rings is 1. The van der Waals surface area contributed by atoms with Crippen molar-refractivity contribution in [1.29, 1.82) is 5.41 Å². The number of ether oxygens (including phenoxy) is 2. The minimum absolute atomic E-state index is 0.0700. The fourth-order valence-electron chi connectivity index (χ4n) is 14.9. The molecular weight excluding hydrogens is 1710 g/mol. The molecule has 0 saturated heterocycles. The molecule has 0 aliphatic carbocycles. The van der Waals surface area contributed by atoms with E-state index in [4.69, 9.17) is 45.5 Å². The summed E-state index contributed by atoms with van der Waals surface area (Å²) in [6, 6.07) is 60.2. The van der Waals surface area contributed by atoms with Crippen LogP contribution < -0.4 is 41.8 Å². The number of aryl methyl sites for hydroxylation is 1. The van der Waals surface area contributed by atoms with Crippen LogP contribution >= 0.6 is 11.3 Å². The van der Waals surface area contributed by atoms with Crippen molar-refractivity contribution in [1.82, 2.24) is 115 Å². The van der Waals surface area contributed by atoms with E-state index in [0.717, 1.165) is 166 Å². The van der Waals surface area contributed by atoms with Gasteiger partial charge in [0.1, 0.15) is 29.1 Å². The average molecular weight is 1790 g/mol. The van der Waals surface area contributed by atoms with Crippen LogP contribution in [0.1, 0.15) is 37.6 Å². The van der Waals surface area contributed by atoms with Crippen LogP contribution in [-0.2, 0) is 5.41 Å². The molecule has 0 fully saturated rings. The smallest absolute Gasteiger partial charge is 0.231 e. The number of nitrogens with two attached hydrogens (primary N) is 1. The Morgan fingerprint density at radius 3 is 1.17 bits per heavy atom. The van der Waals surface area contributed by atoms with E-state index in [9.17, 15) is 0 Å². The summed E-state index contributed by atoms with van der Waals surface area (Å²) >= 11 is 1.61. The molecule has 0 atom stereocenters. The fourth-order valence-corrected chi connectivity index (χ4v) is 15.6. The van der Waals surface area contributed by atoms with E-state index >= 15 is 0 Å². The van der Waals surface area contributed by atoms with Crippen molar-refractivity contribution in [2.75, 3.05) is 39.1 Å². The molecule has 18 aromatic heterocycles. The maximum atomic E-state index is 7.35. The number of nitrogens with one attached hydrogen (secondary N) is 8. The fraction of sp³-hybridized carbons (Fsp3) is 0.0588. The summed E-state index contributed by atoms with van der Waals surface area (Å²) in [6.07, 6.45) is 38.0. The van der Waals surface area contributed by atoms with Crippen LogP contribution in [0.4, 0.5) is 63.2 Å². The summed E-state index contributed by atoms with van der Waals surface area (Å²) < 4.78 is 11.9. The molecule has 135 heavy (non-hydrogen) atoms. The standard InChI is InChI=1S/C24H22N6.C21H16N6.C19H15N7.C19H12N6S.C19H13N5O2/c1-24(2,3)21-13-16-12-17(4-5-19(16)28-21)27-23-18-14-26-11-8-20(18)29-22(30-23)15-6-9-25-10-7-15;1-13-15-6-11-24-18(15)3-2-17(13)25-21-16-12-23-10-7-19(16)26-20(27-21)14-4-8-22-9-5-14;20-10-13-1-2-14(9-16(13)21)24-19-15-11-23-8-5-17(15)25-18(26-19)12-3-6-22-7-4-12;1-2-16-17(26-11-22-16)9-13(1)23-19-14-10-21-8-5-15(14)24-18(25-19)12-3-6-20-7-4-12;1-2-16-17(26-11-25-16)9-13(1)22-19-14-10-21-8-5-15(14)23-18(24-19)12-3-6-20-7-4-12/h4-14,28H,1-3H3,(H,27,29,30);2-12,24H,1H3,(H,25,26,27);1-11,20H,21H2,(H,24,25,26);1-11H,(H,23,24,25);1-10H,11H2,(H,22,23,24). The minimum atomic E-state index is 0.0700. The van der Waals surface area contributed by atoms with E-state index in [-0.39, 0.29) is 12.2 Å². The quantitative estimate of drug-likeness (QED) is 0.0320. The average Bonchev–Trinajstić information content (AvgIpc) is 1.78. The number of hydrogen-bond donors (Lipinski definition) is 9. The molecular formula is C102H78N30O2S. The number of H-pyrrole nitrogens is 2. The van der Waals surface area contributed by atoms with Gasteiger partial charge in [-0.3, -0.25) is 49.8 Å². The van der Waals surface area contributed by atoms with Crippen LogP contribution in [0.3, 0.4) is 0 Å². The number of benzene rings is 5. The Hall–Kier alpha value is -18.7. The van der Waals surface area contributed by atoms with Gasteiger partial charge in [0.05, 0.1) is 70.2 Å². The van der Waals surface area contributed by atoms with E-state index in [1.807, 2.05) is 139 Å². The van der Waals surface area contributed by atoms with E-state index in [2.05, 4.69) is 193 Å². The summed E-state index contributed by atoms with van der Waals surface area (Å²) in [4.78, 5) is 99.5. The van der Waals surface area contributed by atoms with Crippen molar-refractivity contribution < 1.29 is 9.47 Å². The SMILES string of the molecule is CC(C)(C)c1cc2cc(Nc3nc(-c4ccncc4)nc4ccncc34)ccc2[nH]1.Cc1c(Nc2nc(-c3ccncc3)nc3ccncc23)ccc2[nH]ccc12.N=Cc1ccc(Nc2nc(-c3ccncc3)nc3ccncc23)cc1N.c1cc(-c2nc(Nc3ccc4c(c3)OCO4)c3cnccc3n2)ccn1.c1cc(-c2nc(Nc3ccc4ncsc4c3)c3cnccc3n2)ccn1. The maximum absolute atomic E-state index is 7.35. The Bertz CT molecular complexity index is 8270. The van der Waals surface area contributed by atoms with Gasteiger partial charge >= 0.3 is 0 Å². The molecule has 23 aromatic rings. The molecule has 33 heteroatoms. The molecule has 19 heterocycles. The Balaban J connectivity index is 0.000000105. The highest BCUT2D eigenvalue weighted by Crippen LogP contribution is 2.40. The van der Waals surface area contributed by atoms with Crippen molar-refractivity contribution in [3.05, 3.63) is 341 Å². The van der Waals surface area contributed by atoms with Crippen molar-refractivity contribution in [2.24, 2.45) is 0 Å². The van der Waals surface area contributed by atoms with Crippen LogP contribution in [0.5, 0.6) is 11.5 Å². The number of fused-ring (bicyclic) bond motifs is 9. The Morgan fingerprint density at radius 2 is 0.741 bits per heavy atom. The summed E-state index contributed by atoms with van der Waals surface area (Å²) in [5.74, 6) is 8.10. The number of aromatic amines is 2. The van der Waals surface area contributed by atoms with Crippen LogP contribution in [-0.4, -0.2) is 128 Å². The van der Waals surface area contributed by atoms with Crippen molar-refractivity contribution >= 4 is 167 Å². The van der Waals surface area contributed by atoms with Gasteiger partial charge in [0.25, 0.3) is 0 Å². The molecule has 10 N–H and O–H groups in total. The lowest BCUT2D eigenvalue weighted by atomic mass is 9.92. The van der Waals surface area contributed by atoms with Gasteiger partial charge < -0.3 is 57.2 Å². The maximum Gasteiger partial charge on any atom is 0.231 e. The van der Waals surface area contributed by atoms with E-state index in [0.29, 0.717) is 57.8 Å². The third-order valence-corrected chi connectivity index (χ3v) is 22.7. The van der Waals surface area contributed by atoms with E-state index in [1.54, 1.807) is 147 Å². The lowest BCUT2D eigenvalue weighted by Gasteiger charge is -2.15. The predicted octanol–water partition coefficient (Wildman–Crippen LogP) is 21.6. The molecule has 0 bridgehead atoms. The van der Waals surface area contributed by atoms with Gasteiger partial charge in [-0.15, -0.1) is 11.3 Å². The predicted molar refractivity (Wildman–Crippen MR) is 530 cm³/mol. The molecule has 1 aliphatic rings. The van der Waals surface area contributed by atoms with E-state index < -0.39 is 0 Å². The summed E-state index contributed by atoms with van der Waals surface area (Å²) in [5, 5.41) is 31.0. The summed E-state index contributed by atoms with van der Waals surface area (Å²) in [7, 11) is 0. The number of pyridine rings is 10. The first-order valence-corrected chi connectivity index (χ1v) is 43.4. The Kier molecular flexibility index (Phi) is 23.8. The van der Waals surface area contributed by atoms with Gasteiger partial charge in [0.2, 0.25) is 6.79 Å². The zero-order valence-corrected chi connectivity index (χ0v) is 73.4. The summed E-state index contributed by atoms with van der Waals surface area (Å²) in [6.45, 7) is 8.96. The number of hydrogen-bond acceptors (Lipinski definition) is 31. The minimum Gasteiger partial charge on any atom is -0.454 e. The molecule has 0 unspecified atom stereocenters. The second-order valence-electron chi connectivity index (χ2n) is 31.8. The number of rotatable bonds is 16. The monoisotopic (exact) mass is 1790 g/mol. The van der Waals surface area contributed by atoms with Gasteiger partial charge in [0.15, 0.2) is 40.6 Å². The molecule has 24 rings (SSSR count). The Labute approximate surface area is 773 Å². The summed E-state index contributed by atoms with van der Waals surface area (Å²) in [5.41, 5.74) is 27.9. The van der Waals surface area contributed by atoms with Gasteiger partial charge in [-0.1, -0.05) is 20.8 Å². The largest absolute Gasteiger partial charge is 0.454 e. The lowest BCUT2D eigenvalue weighted by Crippen LogP contribution is -2.10. The normalized spacial score (nSPS) is 11.4. The first-order chi connectivity index (χ1) is 66.2. The molecule has 1 aliphatic heterocycles. The molecule has 0 saturated carbocycles. The van der Waals surface area contributed by atoms with Crippen LogP contribution in [0.15, 0.2) is 324 Å². The zero-order valence-electron chi connectivity index (χ0n) is 72.6. The highest BCUT2D eigenvalue weighted by Gasteiger charge is 2.22. The molecule has 0 spiro atoms. The Morgan fingerprint density at radius 1 is 0.363 bits per heavy atom. The van der Waals surface area contributed by atoms with Crippen molar-refractivity contribution in [2.45, 2.75) is 33.1 Å². The lowest BCUT2D eigenvalue weighted by molar-refractivity contribution is 0.174. The number of anilines is 11. The third kappa shape index (κ3) is 19.0. The number of aromatic nitrogens is 23. The molecule has 32 nitrogen and oxygen atoms in total. The van der Waals surface area contributed by atoms with Crippen LogP contribution in [0.2, 0.25) is 0 Å². The second-order valence-corrected chi connectivity index (χ2v) is 32.6. The molecule has 0 amide bonds. The highest BCUT2D eigenvalue weighted by molar-refractivity contribution is 7.16. The van der Waals surface area contributed by atoms with Crippen molar-refractivity contribution in [3.63, 3.8) is 0 Å². The first-order valence-electron chi connectivity index (χ1n) is 42.5. The molecule has 654 valence electrons. The zero-order chi connectivity index (χ0) is 91.6. The van der Waals surface area contributed by atoms with Crippen LogP contribution in [0.25, 0.3) is 143 Å². The third-order valence-electron chi connectivity index (χ3n) is 21.9. The van der Waals surface area contributed by atoms with Gasteiger partial charge in [-0.05, 0) is 194 Å².